The van der Waals surface area contributed by atoms with E-state index >= 15 is 0 Å². The molecule has 0 aliphatic carbocycles. The van der Waals surface area contributed by atoms with Crippen molar-refractivity contribution < 1.29 is 19.2 Å². The molecule has 0 radical (unpaired) electrons. The third-order valence-corrected chi connectivity index (χ3v) is 4.53. The first-order chi connectivity index (χ1) is 12.9. The number of carbonyl (C=O) groups excluding carboxylic acids is 2. The van der Waals surface area contributed by atoms with E-state index in [-0.39, 0.29) is 16.3 Å². The second-order valence-corrected chi connectivity index (χ2v) is 6.86. The summed E-state index contributed by atoms with van der Waals surface area (Å²) in [4.78, 5) is 35.2. The minimum Gasteiger partial charge on any atom is -0.425 e. The molecular weight excluding hydrogens is 392 g/mol. The van der Waals surface area contributed by atoms with Gasteiger partial charge in [0, 0.05) is 11.6 Å². The number of benzene rings is 2. The SMILES string of the molecule is CSCC[C@@H](NC(=O)c1ccc(Cl)c([N+](=O)[O-])c1)C(=O)Oc1ccccc1. The molecule has 2 aromatic rings. The van der Waals surface area contributed by atoms with Gasteiger partial charge in [0.05, 0.1) is 4.92 Å². The molecule has 0 aromatic heterocycles. The van der Waals surface area contributed by atoms with E-state index in [1.54, 1.807) is 30.3 Å². The van der Waals surface area contributed by atoms with Crippen LogP contribution in [-0.4, -0.2) is 34.9 Å². The molecule has 142 valence electrons. The monoisotopic (exact) mass is 408 g/mol. The van der Waals surface area contributed by atoms with Crippen LogP contribution in [0.4, 0.5) is 5.69 Å². The number of hydrogen-bond acceptors (Lipinski definition) is 6. The van der Waals surface area contributed by atoms with Crippen molar-refractivity contribution in [2.24, 2.45) is 0 Å². The fourth-order valence-electron chi connectivity index (χ4n) is 2.20. The highest BCUT2D eigenvalue weighted by molar-refractivity contribution is 7.98. The van der Waals surface area contributed by atoms with Crippen LogP contribution >= 0.6 is 23.4 Å². The zero-order chi connectivity index (χ0) is 19.8. The van der Waals surface area contributed by atoms with Crippen LogP contribution in [0.5, 0.6) is 5.75 Å². The van der Waals surface area contributed by atoms with Gasteiger partial charge < -0.3 is 10.1 Å². The number of thioether (sulfide) groups is 1. The zero-order valence-corrected chi connectivity index (χ0v) is 16.0. The van der Waals surface area contributed by atoms with Crippen LogP contribution in [0.3, 0.4) is 0 Å². The van der Waals surface area contributed by atoms with Crippen molar-refractivity contribution in [2.75, 3.05) is 12.0 Å². The van der Waals surface area contributed by atoms with Crippen molar-refractivity contribution in [1.29, 1.82) is 0 Å². The van der Waals surface area contributed by atoms with Gasteiger partial charge in [-0.15, -0.1) is 0 Å². The standard InChI is InChI=1S/C18H17ClN2O5S/c1-27-10-9-15(18(23)26-13-5-3-2-4-6-13)20-17(22)12-7-8-14(19)16(11-12)21(24)25/h2-8,11,15H,9-10H2,1H3,(H,20,22)/t15-/m1/s1. The Morgan fingerprint density at radius 3 is 2.59 bits per heavy atom. The maximum atomic E-state index is 12.5. The molecular formula is C18H17ClN2O5S. The second kappa shape index (κ2) is 9.94. The Bertz CT molecular complexity index is 832. The average molecular weight is 409 g/mol. The number of amides is 1. The van der Waals surface area contributed by atoms with Crippen LogP contribution in [0, 0.1) is 10.1 Å². The van der Waals surface area contributed by atoms with Gasteiger partial charge in [-0.05, 0) is 42.7 Å². The Kier molecular flexibility index (Phi) is 7.63. The molecule has 0 aliphatic heterocycles. The van der Waals surface area contributed by atoms with Crippen molar-refractivity contribution in [2.45, 2.75) is 12.5 Å². The van der Waals surface area contributed by atoms with Crippen LogP contribution in [0.2, 0.25) is 5.02 Å². The number of halogens is 1. The summed E-state index contributed by atoms with van der Waals surface area (Å²) < 4.78 is 5.30. The molecule has 9 heteroatoms. The molecule has 7 nitrogen and oxygen atoms in total. The first kappa shape index (κ1) is 20.7. The summed E-state index contributed by atoms with van der Waals surface area (Å²) in [7, 11) is 0. The number of nitro benzene ring substituents is 1. The molecule has 2 rings (SSSR count). The highest BCUT2D eigenvalue weighted by Gasteiger charge is 2.24. The molecule has 0 saturated heterocycles. The van der Waals surface area contributed by atoms with Crippen molar-refractivity contribution >= 4 is 40.9 Å². The van der Waals surface area contributed by atoms with Crippen molar-refractivity contribution in [3.05, 3.63) is 69.2 Å². The molecule has 1 amide bonds. The van der Waals surface area contributed by atoms with Crippen molar-refractivity contribution in [1.82, 2.24) is 5.32 Å². The van der Waals surface area contributed by atoms with Gasteiger partial charge in [-0.2, -0.15) is 11.8 Å². The molecule has 1 atom stereocenters. The van der Waals surface area contributed by atoms with Gasteiger partial charge in [-0.1, -0.05) is 29.8 Å². The lowest BCUT2D eigenvalue weighted by Gasteiger charge is -2.17. The van der Waals surface area contributed by atoms with Crippen LogP contribution < -0.4 is 10.1 Å². The second-order valence-electron chi connectivity index (χ2n) is 5.46. The average Bonchev–Trinajstić information content (AvgIpc) is 2.65. The Hall–Kier alpha value is -2.58. The van der Waals surface area contributed by atoms with Gasteiger partial charge in [0.25, 0.3) is 11.6 Å². The lowest BCUT2D eigenvalue weighted by molar-refractivity contribution is -0.384. The molecule has 0 heterocycles. The number of rotatable bonds is 8. The summed E-state index contributed by atoms with van der Waals surface area (Å²) in [5.74, 6) is -0.235. The van der Waals surface area contributed by atoms with E-state index in [0.717, 1.165) is 6.07 Å². The largest absolute Gasteiger partial charge is 0.425 e. The number of para-hydroxylation sites is 1. The summed E-state index contributed by atoms with van der Waals surface area (Å²) >= 11 is 7.28. The Balaban J connectivity index is 2.15. The molecule has 0 spiro atoms. The Labute approximate surface area is 165 Å². The normalized spacial score (nSPS) is 11.5. The van der Waals surface area contributed by atoms with Gasteiger partial charge in [0.2, 0.25) is 0 Å². The summed E-state index contributed by atoms with van der Waals surface area (Å²) in [5, 5.41) is 13.5. The van der Waals surface area contributed by atoms with Crippen LogP contribution in [0.1, 0.15) is 16.8 Å². The van der Waals surface area contributed by atoms with Gasteiger partial charge >= 0.3 is 5.97 Å². The van der Waals surface area contributed by atoms with Crippen LogP contribution in [-0.2, 0) is 4.79 Å². The third-order valence-electron chi connectivity index (χ3n) is 3.57. The Morgan fingerprint density at radius 2 is 1.96 bits per heavy atom. The first-order valence-electron chi connectivity index (χ1n) is 7.93. The van der Waals surface area contributed by atoms with Gasteiger partial charge in [-0.25, -0.2) is 4.79 Å². The molecule has 0 fully saturated rings. The fraction of sp³-hybridized carbons (Fsp3) is 0.222. The number of hydrogen-bond donors (Lipinski definition) is 1. The van der Waals surface area contributed by atoms with Crippen molar-refractivity contribution in [3.63, 3.8) is 0 Å². The summed E-state index contributed by atoms with van der Waals surface area (Å²) in [6.07, 6.45) is 2.23. The number of ether oxygens (including phenoxy) is 1. The predicted molar refractivity (Wildman–Crippen MR) is 104 cm³/mol. The number of esters is 1. The highest BCUT2D eigenvalue weighted by Crippen LogP contribution is 2.25. The molecule has 0 unspecified atom stereocenters. The maximum Gasteiger partial charge on any atom is 0.334 e. The van der Waals surface area contributed by atoms with Crippen LogP contribution in [0.15, 0.2) is 48.5 Å². The number of nitrogens with one attached hydrogen (secondary N) is 1. The summed E-state index contributed by atoms with van der Waals surface area (Å²) in [6, 6.07) is 11.3. The zero-order valence-electron chi connectivity index (χ0n) is 14.4. The summed E-state index contributed by atoms with van der Waals surface area (Å²) in [6.45, 7) is 0. The molecule has 0 aliphatic rings. The Morgan fingerprint density at radius 1 is 1.26 bits per heavy atom. The van der Waals surface area contributed by atoms with E-state index < -0.39 is 22.8 Å². The summed E-state index contributed by atoms with van der Waals surface area (Å²) in [5.41, 5.74) is -0.343. The highest BCUT2D eigenvalue weighted by atomic mass is 35.5. The number of nitro groups is 1. The van der Waals surface area contributed by atoms with Crippen LogP contribution in [0.25, 0.3) is 0 Å². The topological polar surface area (TPSA) is 98.5 Å². The van der Waals surface area contributed by atoms with Crippen molar-refractivity contribution in [3.8, 4) is 5.75 Å². The van der Waals surface area contributed by atoms with E-state index in [1.165, 1.54) is 23.9 Å². The van der Waals surface area contributed by atoms with E-state index in [4.69, 9.17) is 16.3 Å². The van der Waals surface area contributed by atoms with Gasteiger partial charge in [0.1, 0.15) is 16.8 Å². The van der Waals surface area contributed by atoms with E-state index in [0.29, 0.717) is 17.9 Å². The first-order valence-corrected chi connectivity index (χ1v) is 9.70. The van der Waals surface area contributed by atoms with Gasteiger partial charge in [-0.3, -0.25) is 14.9 Å². The van der Waals surface area contributed by atoms with Gasteiger partial charge in [0.15, 0.2) is 0 Å². The molecule has 27 heavy (non-hydrogen) atoms. The molecule has 2 aromatic carbocycles. The number of nitrogens with zero attached hydrogens (tertiary/aromatic N) is 1. The smallest absolute Gasteiger partial charge is 0.334 e. The molecule has 1 N–H and O–H groups in total. The lowest BCUT2D eigenvalue weighted by atomic mass is 10.1. The number of carbonyl (C=O) groups is 2. The quantitative estimate of drug-likeness (QED) is 0.309. The fourth-order valence-corrected chi connectivity index (χ4v) is 2.85. The minimum absolute atomic E-state index is 0.0350. The third kappa shape index (κ3) is 5.97. The van der Waals surface area contributed by atoms with E-state index in [2.05, 4.69) is 5.32 Å². The maximum absolute atomic E-state index is 12.5. The van der Waals surface area contributed by atoms with E-state index in [1.807, 2.05) is 6.26 Å². The molecule has 0 bridgehead atoms. The predicted octanol–water partition coefficient (Wildman–Crippen LogP) is 3.71. The minimum atomic E-state index is -0.889. The molecule has 0 saturated carbocycles. The van der Waals surface area contributed by atoms with E-state index in [9.17, 15) is 19.7 Å². The lowest BCUT2D eigenvalue weighted by Crippen LogP contribution is -2.43.